The van der Waals surface area contributed by atoms with Gasteiger partial charge in [0.25, 0.3) is 11.1 Å². The molecular weight excluding hydrogens is 420 g/mol. The van der Waals surface area contributed by atoms with Crippen LogP contribution in [0.5, 0.6) is 5.75 Å². The van der Waals surface area contributed by atoms with E-state index in [9.17, 15) is 9.59 Å². The van der Waals surface area contributed by atoms with Crippen LogP contribution in [0.2, 0.25) is 0 Å². The Bertz CT molecular complexity index is 1330. The monoisotopic (exact) mass is 440 g/mol. The fraction of sp³-hybridized carbons (Fsp3) is 0.0769. The highest BCUT2D eigenvalue weighted by Crippen LogP contribution is 2.37. The Morgan fingerprint density at radius 2 is 1.62 bits per heavy atom. The summed E-state index contributed by atoms with van der Waals surface area (Å²) in [6.07, 6.45) is 1.97. The van der Waals surface area contributed by atoms with Gasteiger partial charge in [0.05, 0.1) is 16.1 Å². The Morgan fingerprint density at radius 3 is 2.34 bits per heavy atom. The van der Waals surface area contributed by atoms with Crippen LogP contribution in [-0.4, -0.2) is 15.7 Å². The fourth-order valence-corrected chi connectivity index (χ4v) is 4.44. The van der Waals surface area contributed by atoms with Crippen LogP contribution in [0, 0.1) is 0 Å². The standard InChI is InChI=1S/C26H20N2O3S/c1-18-25(29)28(26(30)32-18)24-9-5-8-23-22(24)14-15-27(23)16-19-10-12-21(13-11-19)31-17-20-6-3-2-4-7-20/h2-15H,1,16-17H2. The number of fused-ring (bicyclic) bond motifs is 1. The number of aromatic nitrogens is 1. The van der Waals surface area contributed by atoms with Crippen molar-refractivity contribution in [3.05, 3.63) is 108 Å². The SMILES string of the molecule is C=C1SC(=O)N(c2cccc3c2ccn3Cc2ccc(OCc3ccccc3)cc2)C1=O. The number of nitrogens with zero attached hydrogens (tertiary/aromatic N) is 2. The quantitative estimate of drug-likeness (QED) is 0.346. The molecule has 5 nitrogen and oxygen atoms in total. The summed E-state index contributed by atoms with van der Waals surface area (Å²) in [6, 6.07) is 25.7. The van der Waals surface area contributed by atoms with E-state index in [1.807, 2.05) is 79.0 Å². The van der Waals surface area contributed by atoms with Crippen molar-refractivity contribution in [2.75, 3.05) is 4.90 Å². The lowest BCUT2D eigenvalue weighted by atomic mass is 10.2. The number of ether oxygens (including phenoxy) is 1. The lowest BCUT2D eigenvalue weighted by Crippen LogP contribution is -2.27. The summed E-state index contributed by atoms with van der Waals surface area (Å²) in [5.41, 5.74) is 3.79. The maximum atomic E-state index is 12.4. The second-order valence-electron chi connectivity index (χ2n) is 7.50. The van der Waals surface area contributed by atoms with Crippen LogP contribution >= 0.6 is 11.8 Å². The molecule has 158 valence electrons. The van der Waals surface area contributed by atoms with Gasteiger partial charge in [0.2, 0.25) is 0 Å². The number of hydrogen-bond acceptors (Lipinski definition) is 4. The first-order valence-corrected chi connectivity index (χ1v) is 11.0. The predicted octanol–water partition coefficient (Wildman–Crippen LogP) is 5.98. The summed E-state index contributed by atoms with van der Waals surface area (Å²) in [6.45, 7) is 4.87. The molecule has 3 aromatic carbocycles. The summed E-state index contributed by atoms with van der Waals surface area (Å²) in [5, 5.41) is 0.540. The minimum Gasteiger partial charge on any atom is -0.489 e. The second kappa shape index (κ2) is 8.40. The maximum Gasteiger partial charge on any atom is 0.298 e. The van der Waals surface area contributed by atoms with E-state index in [2.05, 4.69) is 11.1 Å². The number of benzene rings is 3. The summed E-state index contributed by atoms with van der Waals surface area (Å²) in [4.78, 5) is 26.2. The van der Waals surface area contributed by atoms with Crippen molar-refractivity contribution in [2.45, 2.75) is 13.2 Å². The number of hydrogen-bond donors (Lipinski definition) is 0. The van der Waals surface area contributed by atoms with Gasteiger partial charge in [-0.2, -0.15) is 0 Å². The Kier molecular flexibility index (Phi) is 5.29. The zero-order chi connectivity index (χ0) is 22.1. The first-order valence-electron chi connectivity index (χ1n) is 10.2. The first kappa shape index (κ1) is 20.2. The third kappa shape index (κ3) is 3.81. The van der Waals surface area contributed by atoms with Crippen LogP contribution in [0.1, 0.15) is 11.1 Å². The molecule has 1 aliphatic heterocycles. The average molecular weight is 441 g/mol. The van der Waals surface area contributed by atoms with Crippen LogP contribution < -0.4 is 9.64 Å². The molecule has 2 amide bonds. The van der Waals surface area contributed by atoms with Crippen molar-refractivity contribution < 1.29 is 14.3 Å². The van der Waals surface area contributed by atoms with Crippen molar-refractivity contribution in [3.63, 3.8) is 0 Å². The molecule has 0 aliphatic carbocycles. The smallest absolute Gasteiger partial charge is 0.298 e. The van der Waals surface area contributed by atoms with Crippen molar-refractivity contribution >= 4 is 39.5 Å². The van der Waals surface area contributed by atoms with E-state index in [0.29, 0.717) is 18.8 Å². The van der Waals surface area contributed by atoms with Gasteiger partial charge < -0.3 is 9.30 Å². The van der Waals surface area contributed by atoms with E-state index < -0.39 is 0 Å². The third-order valence-electron chi connectivity index (χ3n) is 5.39. The predicted molar refractivity (Wildman–Crippen MR) is 128 cm³/mol. The highest BCUT2D eigenvalue weighted by Gasteiger charge is 2.36. The van der Waals surface area contributed by atoms with Crippen LogP contribution in [0.4, 0.5) is 10.5 Å². The number of imide groups is 1. The summed E-state index contributed by atoms with van der Waals surface area (Å²) in [5.74, 6) is 0.465. The van der Waals surface area contributed by atoms with Gasteiger partial charge in [0.1, 0.15) is 12.4 Å². The van der Waals surface area contributed by atoms with E-state index in [4.69, 9.17) is 4.74 Å². The van der Waals surface area contributed by atoms with Gasteiger partial charge >= 0.3 is 0 Å². The number of carbonyl (C=O) groups is 2. The van der Waals surface area contributed by atoms with Gasteiger partial charge in [-0.3, -0.25) is 9.59 Å². The Labute approximate surface area is 189 Å². The molecule has 32 heavy (non-hydrogen) atoms. The van der Waals surface area contributed by atoms with Gasteiger partial charge in [-0.25, -0.2) is 4.90 Å². The largest absolute Gasteiger partial charge is 0.489 e. The Balaban J connectivity index is 1.34. The number of thioether (sulfide) groups is 1. The summed E-state index contributed by atoms with van der Waals surface area (Å²) in [7, 11) is 0. The van der Waals surface area contributed by atoms with E-state index in [-0.39, 0.29) is 16.1 Å². The minimum atomic E-state index is -0.355. The molecule has 0 unspecified atom stereocenters. The van der Waals surface area contributed by atoms with Gasteiger partial charge in [0, 0.05) is 18.1 Å². The molecule has 1 aliphatic rings. The molecule has 1 fully saturated rings. The molecule has 2 heterocycles. The molecule has 0 bridgehead atoms. The third-order valence-corrected chi connectivity index (χ3v) is 6.17. The van der Waals surface area contributed by atoms with Crippen LogP contribution in [0.3, 0.4) is 0 Å². The molecule has 0 radical (unpaired) electrons. The minimum absolute atomic E-state index is 0.251. The number of rotatable bonds is 6. The molecule has 0 saturated carbocycles. The van der Waals surface area contributed by atoms with Gasteiger partial charge in [-0.05, 0) is 53.2 Å². The number of amides is 2. The molecule has 5 rings (SSSR count). The van der Waals surface area contributed by atoms with Crippen molar-refractivity contribution in [1.82, 2.24) is 4.57 Å². The van der Waals surface area contributed by atoms with Crippen molar-refractivity contribution in [3.8, 4) is 5.75 Å². The Morgan fingerprint density at radius 1 is 0.844 bits per heavy atom. The van der Waals surface area contributed by atoms with Gasteiger partial charge in [0.15, 0.2) is 0 Å². The van der Waals surface area contributed by atoms with Gasteiger partial charge in [-0.15, -0.1) is 0 Å². The topological polar surface area (TPSA) is 51.5 Å². The van der Waals surface area contributed by atoms with Crippen LogP contribution in [0.15, 0.2) is 96.5 Å². The molecule has 1 saturated heterocycles. The Hall–Kier alpha value is -3.77. The number of anilines is 1. The van der Waals surface area contributed by atoms with Gasteiger partial charge in [-0.1, -0.05) is 55.1 Å². The molecule has 6 heteroatoms. The number of carbonyl (C=O) groups excluding carboxylic acids is 2. The average Bonchev–Trinajstić information content (AvgIpc) is 3.33. The fourth-order valence-electron chi connectivity index (χ4n) is 3.78. The van der Waals surface area contributed by atoms with Crippen molar-refractivity contribution in [2.24, 2.45) is 0 Å². The van der Waals surface area contributed by atoms with Crippen molar-refractivity contribution in [1.29, 1.82) is 0 Å². The summed E-state index contributed by atoms with van der Waals surface area (Å²) < 4.78 is 7.97. The van der Waals surface area contributed by atoms with E-state index in [0.717, 1.165) is 39.5 Å². The molecule has 0 N–H and O–H groups in total. The second-order valence-corrected chi connectivity index (χ2v) is 8.55. The molecule has 0 spiro atoms. The molecule has 1 aromatic heterocycles. The molecule has 0 atom stereocenters. The maximum absolute atomic E-state index is 12.4. The zero-order valence-corrected chi connectivity index (χ0v) is 18.0. The van der Waals surface area contributed by atoms with Crippen LogP contribution in [0.25, 0.3) is 10.9 Å². The normalized spacial score (nSPS) is 13.9. The zero-order valence-electron chi connectivity index (χ0n) is 17.2. The lowest BCUT2D eigenvalue weighted by molar-refractivity contribution is -0.113. The first-order chi connectivity index (χ1) is 15.6. The van der Waals surface area contributed by atoms with E-state index in [1.54, 1.807) is 6.07 Å². The molecular formula is C26H20N2O3S. The van der Waals surface area contributed by atoms with E-state index in [1.165, 1.54) is 4.90 Å². The summed E-state index contributed by atoms with van der Waals surface area (Å²) >= 11 is 0.878. The van der Waals surface area contributed by atoms with Crippen LogP contribution in [-0.2, 0) is 17.9 Å². The highest BCUT2D eigenvalue weighted by molar-refractivity contribution is 8.18. The molecule has 4 aromatic rings. The highest BCUT2D eigenvalue weighted by atomic mass is 32.2. The van der Waals surface area contributed by atoms with E-state index >= 15 is 0 Å². The lowest BCUT2D eigenvalue weighted by Gasteiger charge is -2.14.